The van der Waals surface area contributed by atoms with Gasteiger partial charge in [0.25, 0.3) is 0 Å². The number of aryl methyl sites for hydroxylation is 1. The van der Waals surface area contributed by atoms with Crippen LogP contribution >= 0.6 is 0 Å². The highest BCUT2D eigenvalue weighted by Gasteiger charge is 2.06. The van der Waals surface area contributed by atoms with Gasteiger partial charge in [-0.25, -0.2) is 4.98 Å². The second-order valence-electron chi connectivity index (χ2n) is 3.59. The van der Waals surface area contributed by atoms with Gasteiger partial charge in [-0.2, -0.15) is 5.10 Å². The van der Waals surface area contributed by atoms with E-state index in [1.54, 1.807) is 4.68 Å². The van der Waals surface area contributed by atoms with Gasteiger partial charge in [-0.3, -0.25) is 4.68 Å². The average Bonchev–Trinajstić information content (AvgIpc) is 2.59. The SMILES string of the molecule is CC(CN)c1cnc2c(cnn2C)c1. The fraction of sp³-hybridized carbons (Fsp3) is 0.400. The molecule has 0 aliphatic carbocycles. The van der Waals surface area contributed by atoms with E-state index in [0.717, 1.165) is 11.0 Å². The normalized spacial score (nSPS) is 13.4. The van der Waals surface area contributed by atoms with Crippen LogP contribution in [0.25, 0.3) is 11.0 Å². The van der Waals surface area contributed by atoms with Gasteiger partial charge in [-0.1, -0.05) is 6.92 Å². The molecule has 0 amide bonds. The Bertz CT molecular complexity index is 446. The topological polar surface area (TPSA) is 56.7 Å². The molecule has 0 fully saturated rings. The van der Waals surface area contributed by atoms with Crippen molar-refractivity contribution >= 4 is 11.0 Å². The molecule has 4 nitrogen and oxygen atoms in total. The number of hydrogen-bond donors (Lipinski definition) is 1. The standard InChI is InChI=1S/C10H14N4/c1-7(4-11)8-3-9-6-13-14(2)10(9)12-5-8/h3,5-7H,4,11H2,1-2H3. The van der Waals surface area contributed by atoms with Crippen molar-refractivity contribution in [3.05, 3.63) is 24.0 Å². The van der Waals surface area contributed by atoms with Crippen LogP contribution in [0.2, 0.25) is 0 Å². The van der Waals surface area contributed by atoms with E-state index in [-0.39, 0.29) is 0 Å². The molecular formula is C10H14N4. The molecule has 0 radical (unpaired) electrons. The summed E-state index contributed by atoms with van der Waals surface area (Å²) in [6.45, 7) is 2.74. The Morgan fingerprint density at radius 2 is 2.29 bits per heavy atom. The lowest BCUT2D eigenvalue weighted by atomic mass is 10.0. The number of fused-ring (bicyclic) bond motifs is 1. The third-order valence-corrected chi connectivity index (χ3v) is 2.52. The zero-order chi connectivity index (χ0) is 10.1. The second-order valence-corrected chi connectivity index (χ2v) is 3.59. The molecule has 1 atom stereocenters. The first-order valence-corrected chi connectivity index (χ1v) is 4.70. The number of rotatable bonds is 2. The molecule has 2 heterocycles. The van der Waals surface area contributed by atoms with Crippen LogP contribution in [0.1, 0.15) is 18.4 Å². The van der Waals surface area contributed by atoms with Gasteiger partial charge in [0.1, 0.15) is 0 Å². The molecule has 4 heteroatoms. The summed E-state index contributed by atoms with van der Waals surface area (Å²) in [5.41, 5.74) is 7.69. The van der Waals surface area contributed by atoms with Gasteiger partial charge >= 0.3 is 0 Å². The van der Waals surface area contributed by atoms with Gasteiger partial charge in [0, 0.05) is 18.6 Å². The molecule has 2 rings (SSSR count). The number of hydrogen-bond acceptors (Lipinski definition) is 3. The minimum Gasteiger partial charge on any atom is -0.330 e. The highest BCUT2D eigenvalue weighted by atomic mass is 15.3. The molecule has 1 unspecified atom stereocenters. The molecule has 0 spiro atoms. The Kier molecular flexibility index (Phi) is 2.21. The summed E-state index contributed by atoms with van der Waals surface area (Å²) in [5.74, 6) is 0.354. The molecule has 0 saturated heterocycles. The highest BCUT2D eigenvalue weighted by molar-refractivity contribution is 5.74. The molecule has 0 saturated carbocycles. The van der Waals surface area contributed by atoms with Crippen LogP contribution in [-0.4, -0.2) is 21.3 Å². The van der Waals surface area contributed by atoms with E-state index in [9.17, 15) is 0 Å². The van der Waals surface area contributed by atoms with Gasteiger partial charge < -0.3 is 5.73 Å². The van der Waals surface area contributed by atoms with Crippen LogP contribution in [0.5, 0.6) is 0 Å². The Balaban J connectivity index is 2.52. The molecule has 0 bridgehead atoms. The summed E-state index contributed by atoms with van der Waals surface area (Å²) in [6, 6.07) is 2.10. The molecule has 0 aromatic carbocycles. The van der Waals surface area contributed by atoms with Crippen molar-refractivity contribution in [3.8, 4) is 0 Å². The minimum absolute atomic E-state index is 0.354. The maximum absolute atomic E-state index is 5.60. The maximum Gasteiger partial charge on any atom is 0.157 e. The van der Waals surface area contributed by atoms with E-state index >= 15 is 0 Å². The Hall–Kier alpha value is -1.42. The zero-order valence-corrected chi connectivity index (χ0v) is 8.44. The molecule has 2 N–H and O–H groups in total. The first-order chi connectivity index (χ1) is 6.72. The average molecular weight is 190 g/mol. The number of nitrogens with two attached hydrogens (primary N) is 1. The van der Waals surface area contributed by atoms with Crippen LogP contribution in [-0.2, 0) is 7.05 Å². The minimum atomic E-state index is 0.354. The molecule has 0 aliphatic rings. The van der Waals surface area contributed by atoms with Gasteiger partial charge in [0.15, 0.2) is 5.65 Å². The van der Waals surface area contributed by atoms with E-state index in [0.29, 0.717) is 12.5 Å². The first-order valence-electron chi connectivity index (χ1n) is 4.70. The largest absolute Gasteiger partial charge is 0.330 e. The van der Waals surface area contributed by atoms with Gasteiger partial charge in [0.05, 0.1) is 6.20 Å². The first kappa shape index (κ1) is 9.15. The highest BCUT2D eigenvalue weighted by Crippen LogP contribution is 2.17. The van der Waals surface area contributed by atoms with Crippen LogP contribution in [0.4, 0.5) is 0 Å². The number of nitrogens with zero attached hydrogens (tertiary/aromatic N) is 3. The van der Waals surface area contributed by atoms with E-state index < -0.39 is 0 Å². The smallest absolute Gasteiger partial charge is 0.157 e. The number of aromatic nitrogens is 3. The quantitative estimate of drug-likeness (QED) is 0.769. The lowest BCUT2D eigenvalue weighted by Crippen LogP contribution is -2.09. The third-order valence-electron chi connectivity index (χ3n) is 2.52. The summed E-state index contributed by atoms with van der Waals surface area (Å²) in [4.78, 5) is 4.35. The van der Waals surface area contributed by atoms with Crippen molar-refractivity contribution in [1.82, 2.24) is 14.8 Å². The predicted molar refractivity (Wildman–Crippen MR) is 56.0 cm³/mol. The van der Waals surface area contributed by atoms with Gasteiger partial charge in [-0.15, -0.1) is 0 Å². The summed E-state index contributed by atoms with van der Waals surface area (Å²) >= 11 is 0. The zero-order valence-electron chi connectivity index (χ0n) is 8.44. The molecular weight excluding hydrogens is 176 g/mol. The fourth-order valence-corrected chi connectivity index (χ4v) is 1.47. The maximum atomic E-state index is 5.60. The van der Waals surface area contributed by atoms with Crippen LogP contribution in [0.3, 0.4) is 0 Å². The van der Waals surface area contributed by atoms with Crippen LogP contribution in [0, 0.1) is 0 Å². The lowest BCUT2D eigenvalue weighted by Gasteiger charge is -2.07. The van der Waals surface area contributed by atoms with Gasteiger partial charge in [-0.05, 0) is 24.1 Å². The van der Waals surface area contributed by atoms with Crippen molar-refractivity contribution < 1.29 is 0 Å². The van der Waals surface area contributed by atoms with Crippen LogP contribution in [0.15, 0.2) is 18.5 Å². The molecule has 14 heavy (non-hydrogen) atoms. The van der Waals surface area contributed by atoms with E-state index in [1.807, 2.05) is 19.4 Å². The summed E-state index contributed by atoms with van der Waals surface area (Å²) in [7, 11) is 1.89. The molecule has 74 valence electrons. The summed E-state index contributed by atoms with van der Waals surface area (Å²) in [6.07, 6.45) is 3.70. The summed E-state index contributed by atoms with van der Waals surface area (Å²) < 4.78 is 1.77. The fourth-order valence-electron chi connectivity index (χ4n) is 1.47. The van der Waals surface area contributed by atoms with Crippen molar-refractivity contribution in [2.45, 2.75) is 12.8 Å². The van der Waals surface area contributed by atoms with Crippen LogP contribution < -0.4 is 5.73 Å². The number of pyridine rings is 1. The second kappa shape index (κ2) is 3.38. The van der Waals surface area contributed by atoms with E-state index in [2.05, 4.69) is 23.1 Å². The van der Waals surface area contributed by atoms with Crippen molar-refractivity contribution in [1.29, 1.82) is 0 Å². The Labute approximate surface area is 82.7 Å². The van der Waals surface area contributed by atoms with Crippen molar-refractivity contribution in [3.63, 3.8) is 0 Å². The summed E-state index contributed by atoms with van der Waals surface area (Å²) in [5, 5.41) is 5.22. The van der Waals surface area contributed by atoms with E-state index in [1.165, 1.54) is 5.56 Å². The molecule has 0 aliphatic heterocycles. The lowest BCUT2D eigenvalue weighted by molar-refractivity contribution is 0.766. The van der Waals surface area contributed by atoms with Crippen molar-refractivity contribution in [2.75, 3.05) is 6.54 Å². The monoisotopic (exact) mass is 190 g/mol. The Morgan fingerprint density at radius 3 is 3.00 bits per heavy atom. The van der Waals surface area contributed by atoms with Crippen molar-refractivity contribution in [2.24, 2.45) is 12.8 Å². The molecule has 2 aromatic heterocycles. The Morgan fingerprint density at radius 1 is 1.50 bits per heavy atom. The predicted octanol–water partition coefficient (Wildman–Crippen LogP) is 1.03. The molecule has 2 aromatic rings. The third kappa shape index (κ3) is 1.37. The van der Waals surface area contributed by atoms with E-state index in [4.69, 9.17) is 5.73 Å². The van der Waals surface area contributed by atoms with Gasteiger partial charge in [0.2, 0.25) is 0 Å².